The van der Waals surface area contributed by atoms with Crippen molar-refractivity contribution in [3.05, 3.63) is 95.5 Å². The fraction of sp³-hybridized carbons (Fsp3) is 0.0435. The van der Waals surface area contributed by atoms with Crippen LogP contribution in [0.3, 0.4) is 0 Å². The monoisotopic (exact) mass is 372 g/mol. The number of hydrogen-bond donors (Lipinski definition) is 0. The normalized spacial score (nSPS) is 10.7. The van der Waals surface area contributed by atoms with Gasteiger partial charge in [-0.25, -0.2) is 4.98 Å². The average Bonchev–Trinajstić information content (AvgIpc) is 2.73. The maximum atomic E-state index is 13.3. The van der Waals surface area contributed by atoms with Crippen molar-refractivity contribution in [1.82, 2.24) is 4.98 Å². The van der Waals surface area contributed by atoms with Gasteiger partial charge in [-0.15, -0.1) is 0 Å². The lowest BCUT2D eigenvalue weighted by atomic mass is 10.0. The standard InChI is InChI=1S/C23H17ClN2O/c1-26(18-7-3-2-4-8-18)23(27)20-15-22(16-11-13-17(24)14-12-16)25-21-10-6-5-9-19(20)21/h2-15H,1H3. The van der Waals surface area contributed by atoms with Crippen molar-refractivity contribution in [2.75, 3.05) is 11.9 Å². The van der Waals surface area contributed by atoms with Crippen LogP contribution in [0.2, 0.25) is 5.02 Å². The summed E-state index contributed by atoms with van der Waals surface area (Å²) in [6.07, 6.45) is 0. The van der Waals surface area contributed by atoms with Gasteiger partial charge in [-0.1, -0.05) is 60.1 Å². The number of hydrogen-bond acceptors (Lipinski definition) is 2. The largest absolute Gasteiger partial charge is 0.311 e. The van der Waals surface area contributed by atoms with Crippen LogP contribution in [0.15, 0.2) is 84.9 Å². The molecular weight excluding hydrogens is 356 g/mol. The first kappa shape index (κ1) is 17.3. The topological polar surface area (TPSA) is 33.2 Å². The summed E-state index contributed by atoms with van der Waals surface area (Å²) >= 11 is 6.00. The van der Waals surface area contributed by atoms with Crippen LogP contribution in [0.25, 0.3) is 22.2 Å². The van der Waals surface area contributed by atoms with Crippen LogP contribution in [-0.4, -0.2) is 17.9 Å². The average molecular weight is 373 g/mol. The molecule has 3 aromatic carbocycles. The molecule has 1 heterocycles. The second kappa shape index (κ2) is 7.22. The van der Waals surface area contributed by atoms with Gasteiger partial charge >= 0.3 is 0 Å². The molecule has 0 radical (unpaired) electrons. The number of aromatic nitrogens is 1. The van der Waals surface area contributed by atoms with E-state index in [1.165, 1.54) is 0 Å². The third-order valence-electron chi connectivity index (χ3n) is 4.53. The predicted octanol–water partition coefficient (Wildman–Crippen LogP) is 5.83. The maximum absolute atomic E-state index is 13.3. The van der Waals surface area contributed by atoms with E-state index in [4.69, 9.17) is 16.6 Å². The van der Waals surface area contributed by atoms with E-state index in [2.05, 4.69) is 0 Å². The third kappa shape index (κ3) is 3.42. The third-order valence-corrected chi connectivity index (χ3v) is 4.79. The molecule has 0 saturated carbocycles. The van der Waals surface area contributed by atoms with Crippen molar-refractivity contribution in [3.8, 4) is 11.3 Å². The van der Waals surface area contributed by atoms with E-state index in [-0.39, 0.29) is 5.91 Å². The Balaban J connectivity index is 1.86. The van der Waals surface area contributed by atoms with E-state index in [1.807, 2.05) is 84.9 Å². The Morgan fingerprint density at radius 3 is 2.30 bits per heavy atom. The summed E-state index contributed by atoms with van der Waals surface area (Å²) in [6, 6.07) is 26.6. The molecular formula is C23H17ClN2O. The summed E-state index contributed by atoms with van der Waals surface area (Å²) in [5.74, 6) is -0.0741. The number of anilines is 1. The Kier molecular flexibility index (Phi) is 4.61. The number of para-hydroxylation sites is 2. The van der Waals surface area contributed by atoms with Crippen molar-refractivity contribution in [2.45, 2.75) is 0 Å². The fourth-order valence-electron chi connectivity index (χ4n) is 3.07. The van der Waals surface area contributed by atoms with Crippen LogP contribution in [0.1, 0.15) is 10.4 Å². The number of fused-ring (bicyclic) bond motifs is 1. The van der Waals surface area contributed by atoms with E-state index in [9.17, 15) is 4.79 Å². The molecule has 0 aliphatic rings. The first-order chi connectivity index (χ1) is 13.1. The van der Waals surface area contributed by atoms with Crippen molar-refractivity contribution < 1.29 is 4.79 Å². The van der Waals surface area contributed by atoms with E-state index in [0.717, 1.165) is 27.8 Å². The van der Waals surface area contributed by atoms with Gasteiger partial charge in [0.25, 0.3) is 5.91 Å². The molecule has 4 rings (SSSR count). The van der Waals surface area contributed by atoms with Crippen molar-refractivity contribution in [1.29, 1.82) is 0 Å². The molecule has 0 unspecified atom stereocenters. The summed E-state index contributed by atoms with van der Waals surface area (Å²) in [5, 5.41) is 1.50. The van der Waals surface area contributed by atoms with Gasteiger partial charge in [0, 0.05) is 28.7 Å². The zero-order valence-corrected chi connectivity index (χ0v) is 15.5. The number of carbonyl (C=O) groups is 1. The molecule has 1 aromatic heterocycles. The lowest BCUT2D eigenvalue weighted by molar-refractivity contribution is 0.0994. The summed E-state index contributed by atoms with van der Waals surface area (Å²) < 4.78 is 0. The molecule has 4 aromatic rings. The maximum Gasteiger partial charge on any atom is 0.258 e. The van der Waals surface area contributed by atoms with Crippen LogP contribution < -0.4 is 4.90 Å². The number of rotatable bonds is 3. The van der Waals surface area contributed by atoms with Crippen molar-refractivity contribution in [3.63, 3.8) is 0 Å². The highest BCUT2D eigenvalue weighted by molar-refractivity contribution is 6.30. The molecule has 4 heteroatoms. The molecule has 0 atom stereocenters. The van der Waals surface area contributed by atoms with Crippen LogP contribution in [0.4, 0.5) is 5.69 Å². The quantitative estimate of drug-likeness (QED) is 0.453. The molecule has 132 valence electrons. The lowest BCUT2D eigenvalue weighted by Gasteiger charge is -2.19. The van der Waals surface area contributed by atoms with Crippen molar-refractivity contribution >= 4 is 34.1 Å². The van der Waals surface area contributed by atoms with Gasteiger partial charge in [-0.3, -0.25) is 4.79 Å². The van der Waals surface area contributed by atoms with E-state index in [0.29, 0.717) is 10.6 Å². The molecule has 0 spiro atoms. The molecule has 3 nitrogen and oxygen atoms in total. The SMILES string of the molecule is CN(C(=O)c1cc(-c2ccc(Cl)cc2)nc2ccccc12)c1ccccc1. The Hall–Kier alpha value is -3.17. The molecule has 1 amide bonds. The Bertz CT molecular complexity index is 1110. The molecule has 0 fully saturated rings. The molecule has 0 aliphatic heterocycles. The van der Waals surface area contributed by atoms with Gasteiger partial charge in [0.2, 0.25) is 0 Å². The minimum atomic E-state index is -0.0741. The zero-order chi connectivity index (χ0) is 18.8. The molecule has 0 N–H and O–H groups in total. The smallest absolute Gasteiger partial charge is 0.258 e. The number of pyridine rings is 1. The summed E-state index contributed by atoms with van der Waals surface area (Å²) in [4.78, 5) is 19.7. The first-order valence-corrected chi connectivity index (χ1v) is 9.00. The number of nitrogens with zero attached hydrogens (tertiary/aromatic N) is 2. The highest BCUT2D eigenvalue weighted by Crippen LogP contribution is 2.27. The van der Waals surface area contributed by atoms with Gasteiger partial charge in [-0.05, 0) is 36.4 Å². The van der Waals surface area contributed by atoms with Gasteiger partial charge in [-0.2, -0.15) is 0 Å². The minimum absolute atomic E-state index is 0.0741. The van der Waals surface area contributed by atoms with E-state index < -0.39 is 0 Å². The highest BCUT2D eigenvalue weighted by atomic mass is 35.5. The molecule has 0 saturated heterocycles. The zero-order valence-electron chi connectivity index (χ0n) is 14.8. The molecule has 0 aliphatic carbocycles. The minimum Gasteiger partial charge on any atom is -0.311 e. The highest BCUT2D eigenvalue weighted by Gasteiger charge is 2.18. The Labute approximate surface area is 162 Å². The van der Waals surface area contributed by atoms with Crippen LogP contribution in [0.5, 0.6) is 0 Å². The summed E-state index contributed by atoms with van der Waals surface area (Å²) in [5.41, 5.74) is 3.92. The summed E-state index contributed by atoms with van der Waals surface area (Å²) in [6.45, 7) is 0. The van der Waals surface area contributed by atoms with Gasteiger partial charge in [0.1, 0.15) is 0 Å². The second-order valence-corrected chi connectivity index (χ2v) is 6.72. The number of carbonyl (C=O) groups excluding carboxylic acids is 1. The molecule has 27 heavy (non-hydrogen) atoms. The van der Waals surface area contributed by atoms with Crippen LogP contribution in [-0.2, 0) is 0 Å². The van der Waals surface area contributed by atoms with Gasteiger partial charge in [0.15, 0.2) is 0 Å². The Morgan fingerprint density at radius 2 is 1.56 bits per heavy atom. The summed E-state index contributed by atoms with van der Waals surface area (Å²) in [7, 11) is 1.79. The second-order valence-electron chi connectivity index (χ2n) is 6.28. The number of halogens is 1. The van der Waals surface area contributed by atoms with Gasteiger partial charge in [0.05, 0.1) is 16.8 Å². The fourth-order valence-corrected chi connectivity index (χ4v) is 3.20. The van der Waals surface area contributed by atoms with E-state index >= 15 is 0 Å². The van der Waals surface area contributed by atoms with Crippen molar-refractivity contribution in [2.24, 2.45) is 0 Å². The first-order valence-electron chi connectivity index (χ1n) is 8.62. The Morgan fingerprint density at radius 1 is 0.889 bits per heavy atom. The number of amides is 1. The van der Waals surface area contributed by atoms with Gasteiger partial charge < -0.3 is 4.90 Å². The van der Waals surface area contributed by atoms with Crippen LogP contribution >= 0.6 is 11.6 Å². The number of benzene rings is 3. The van der Waals surface area contributed by atoms with Crippen LogP contribution in [0, 0.1) is 0 Å². The molecule has 0 bridgehead atoms. The lowest BCUT2D eigenvalue weighted by Crippen LogP contribution is -2.26. The van der Waals surface area contributed by atoms with E-state index in [1.54, 1.807) is 11.9 Å². The predicted molar refractivity (Wildman–Crippen MR) is 111 cm³/mol.